The fourth-order valence-electron chi connectivity index (χ4n) is 3.95. The summed E-state index contributed by atoms with van der Waals surface area (Å²) < 4.78 is 23.7. The largest absolute Gasteiger partial charge is 0.484 e. The summed E-state index contributed by atoms with van der Waals surface area (Å²) in [5.41, 5.74) is -0.872. The Labute approximate surface area is 179 Å². The molecule has 2 aromatic rings. The summed E-state index contributed by atoms with van der Waals surface area (Å²) in [6.07, 6.45) is 1.16. The summed E-state index contributed by atoms with van der Waals surface area (Å²) >= 11 is 5.82. The minimum Gasteiger partial charge on any atom is -0.484 e. The molecule has 0 saturated heterocycles. The van der Waals surface area contributed by atoms with Crippen LogP contribution in [0, 0.1) is 5.82 Å². The van der Waals surface area contributed by atoms with Crippen molar-refractivity contribution in [3.63, 3.8) is 0 Å². The molecule has 1 fully saturated rings. The van der Waals surface area contributed by atoms with Gasteiger partial charge in [0.15, 0.2) is 13.2 Å². The van der Waals surface area contributed by atoms with Crippen LogP contribution in [0.15, 0.2) is 48.5 Å². The van der Waals surface area contributed by atoms with Gasteiger partial charge in [-0.3, -0.25) is 9.59 Å². The van der Waals surface area contributed by atoms with E-state index >= 15 is 0 Å². The monoisotopic (exact) mass is 434 g/mol. The molecule has 0 spiro atoms. The molecule has 0 bridgehead atoms. The Morgan fingerprint density at radius 3 is 1.70 bits per heavy atom. The normalized spacial score (nSPS) is 22.5. The predicted molar refractivity (Wildman–Crippen MR) is 111 cm³/mol. The van der Waals surface area contributed by atoms with Crippen LogP contribution in [0.1, 0.15) is 26.7 Å². The maximum atomic E-state index is 12.9. The summed E-state index contributed by atoms with van der Waals surface area (Å²) in [7, 11) is 0. The molecule has 1 aliphatic rings. The lowest BCUT2D eigenvalue weighted by Gasteiger charge is -2.53. The van der Waals surface area contributed by atoms with Crippen LogP contribution in [0.25, 0.3) is 0 Å². The van der Waals surface area contributed by atoms with Gasteiger partial charge in [0.05, 0.1) is 0 Å². The zero-order valence-electron chi connectivity index (χ0n) is 16.8. The number of hydrogen-bond acceptors (Lipinski definition) is 4. The summed E-state index contributed by atoms with van der Waals surface area (Å²) in [5.74, 6) is 0.102. The van der Waals surface area contributed by atoms with Crippen molar-refractivity contribution in [2.75, 3.05) is 13.2 Å². The predicted octanol–water partition coefficient (Wildman–Crippen LogP) is 3.48. The summed E-state index contributed by atoms with van der Waals surface area (Å²) in [5, 5.41) is 6.49. The van der Waals surface area contributed by atoms with E-state index in [1.807, 2.05) is 13.8 Å². The first-order chi connectivity index (χ1) is 14.1. The Bertz CT molecular complexity index is 823. The quantitative estimate of drug-likeness (QED) is 0.667. The zero-order chi connectivity index (χ0) is 21.8. The molecule has 160 valence electrons. The van der Waals surface area contributed by atoms with Crippen LogP contribution < -0.4 is 20.1 Å². The molecule has 3 rings (SSSR count). The van der Waals surface area contributed by atoms with E-state index in [2.05, 4.69) is 10.6 Å². The van der Waals surface area contributed by atoms with Gasteiger partial charge in [0.25, 0.3) is 11.8 Å². The molecule has 1 saturated carbocycles. The topological polar surface area (TPSA) is 76.7 Å². The highest BCUT2D eigenvalue weighted by Crippen LogP contribution is 2.40. The third-order valence-corrected chi connectivity index (χ3v) is 5.06. The number of nitrogens with one attached hydrogen (secondary N) is 2. The Morgan fingerprint density at radius 2 is 1.27 bits per heavy atom. The number of ether oxygens (including phenoxy) is 2. The molecule has 8 heteroatoms. The molecule has 2 N–H and O–H groups in total. The van der Waals surface area contributed by atoms with Crippen molar-refractivity contribution in [1.29, 1.82) is 0 Å². The molecule has 0 aliphatic heterocycles. The van der Waals surface area contributed by atoms with Crippen molar-refractivity contribution >= 4 is 23.4 Å². The van der Waals surface area contributed by atoms with Crippen LogP contribution in [0.3, 0.4) is 0 Å². The van der Waals surface area contributed by atoms with Crippen LogP contribution in [0.4, 0.5) is 4.39 Å². The standard InChI is InChI=1S/C22H24ClFN2O4/c1-21(25-19(27)11-29-17-7-3-15(23)4-8-17)13-22(2,14-21)26-20(28)12-30-18-9-5-16(24)6-10-18/h3-10H,11-14H2,1-2H3,(H,25,27)(H,26,28). The summed E-state index contributed by atoms with van der Waals surface area (Å²) in [4.78, 5) is 24.4. The van der Waals surface area contributed by atoms with Crippen molar-refractivity contribution in [2.45, 2.75) is 37.8 Å². The SMILES string of the molecule is CC1(NC(=O)COc2ccc(F)cc2)CC(C)(NC(=O)COc2ccc(Cl)cc2)C1. The molecular weight excluding hydrogens is 411 g/mol. The number of carbonyl (C=O) groups is 2. The van der Waals surface area contributed by atoms with Crippen LogP contribution in [-0.2, 0) is 9.59 Å². The van der Waals surface area contributed by atoms with E-state index in [0.717, 1.165) is 0 Å². The van der Waals surface area contributed by atoms with Gasteiger partial charge >= 0.3 is 0 Å². The van der Waals surface area contributed by atoms with Crippen molar-refractivity contribution in [3.8, 4) is 11.5 Å². The van der Waals surface area contributed by atoms with Gasteiger partial charge in [0.2, 0.25) is 0 Å². The molecule has 6 nitrogen and oxygen atoms in total. The fourth-order valence-corrected chi connectivity index (χ4v) is 4.08. The molecule has 0 aromatic heterocycles. The Balaban J connectivity index is 1.39. The number of amides is 2. The molecule has 30 heavy (non-hydrogen) atoms. The van der Waals surface area contributed by atoms with Crippen molar-refractivity contribution < 1.29 is 23.5 Å². The van der Waals surface area contributed by atoms with E-state index < -0.39 is 11.1 Å². The van der Waals surface area contributed by atoms with Crippen LogP contribution >= 0.6 is 11.6 Å². The minimum absolute atomic E-state index is 0.105. The third-order valence-electron chi connectivity index (χ3n) is 4.81. The maximum Gasteiger partial charge on any atom is 0.258 e. The highest BCUT2D eigenvalue weighted by Gasteiger charge is 2.50. The van der Waals surface area contributed by atoms with Crippen molar-refractivity contribution in [2.24, 2.45) is 0 Å². The number of hydrogen-bond donors (Lipinski definition) is 2. The summed E-state index contributed by atoms with van der Waals surface area (Å²) in [6.45, 7) is 3.57. The van der Waals surface area contributed by atoms with Gasteiger partial charge in [-0.15, -0.1) is 0 Å². The van der Waals surface area contributed by atoms with Gasteiger partial charge < -0.3 is 20.1 Å². The van der Waals surface area contributed by atoms with E-state index in [4.69, 9.17) is 21.1 Å². The Hall–Kier alpha value is -2.80. The number of halogens is 2. The minimum atomic E-state index is -0.442. The van der Waals surface area contributed by atoms with E-state index in [-0.39, 0.29) is 30.8 Å². The van der Waals surface area contributed by atoms with E-state index in [0.29, 0.717) is 29.4 Å². The first-order valence-electron chi connectivity index (χ1n) is 9.54. The number of carbonyl (C=O) groups excluding carboxylic acids is 2. The van der Waals surface area contributed by atoms with Crippen molar-refractivity contribution in [3.05, 3.63) is 59.4 Å². The molecule has 0 heterocycles. The van der Waals surface area contributed by atoms with E-state index in [9.17, 15) is 14.0 Å². The van der Waals surface area contributed by atoms with Crippen LogP contribution in [0.5, 0.6) is 11.5 Å². The molecule has 2 amide bonds. The molecular formula is C22H24ClFN2O4. The van der Waals surface area contributed by atoms with Gasteiger partial charge in [-0.05, 0) is 75.2 Å². The molecule has 1 aliphatic carbocycles. The second-order valence-corrected chi connectivity index (χ2v) is 8.49. The highest BCUT2D eigenvalue weighted by atomic mass is 35.5. The first-order valence-corrected chi connectivity index (χ1v) is 9.91. The van der Waals surface area contributed by atoms with Gasteiger partial charge in [0.1, 0.15) is 17.3 Å². The lowest BCUT2D eigenvalue weighted by Crippen LogP contribution is -2.69. The van der Waals surface area contributed by atoms with Gasteiger partial charge in [-0.1, -0.05) is 11.6 Å². The lowest BCUT2D eigenvalue weighted by atomic mass is 9.64. The first kappa shape index (κ1) is 21.9. The second kappa shape index (κ2) is 8.92. The zero-order valence-corrected chi connectivity index (χ0v) is 17.6. The molecule has 0 unspecified atom stereocenters. The van der Waals surface area contributed by atoms with E-state index in [1.165, 1.54) is 24.3 Å². The van der Waals surface area contributed by atoms with Crippen LogP contribution in [0.2, 0.25) is 5.02 Å². The number of rotatable bonds is 8. The Morgan fingerprint density at radius 1 is 0.867 bits per heavy atom. The maximum absolute atomic E-state index is 12.9. The lowest BCUT2D eigenvalue weighted by molar-refractivity contribution is -0.129. The second-order valence-electron chi connectivity index (χ2n) is 8.06. The highest BCUT2D eigenvalue weighted by molar-refractivity contribution is 6.30. The van der Waals surface area contributed by atoms with Gasteiger partial charge in [0, 0.05) is 16.1 Å². The molecule has 0 atom stereocenters. The molecule has 2 aromatic carbocycles. The Kier molecular flexibility index (Phi) is 6.51. The van der Waals surface area contributed by atoms with E-state index in [1.54, 1.807) is 24.3 Å². The average molecular weight is 435 g/mol. The van der Waals surface area contributed by atoms with Crippen LogP contribution in [-0.4, -0.2) is 36.1 Å². The van der Waals surface area contributed by atoms with Gasteiger partial charge in [-0.2, -0.15) is 0 Å². The smallest absolute Gasteiger partial charge is 0.258 e. The number of benzene rings is 2. The third kappa shape index (κ3) is 6.10. The summed E-state index contributed by atoms with van der Waals surface area (Å²) in [6, 6.07) is 12.2. The van der Waals surface area contributed by atoms with Crippen molar-refractivity contribution in [1.82, 2.24) is 10.6 Å². The molecule has 0 radical (unpaired) electrons. The van der Waals surface area contributed by atoms with Gasteiger partial charge in [-0.25, -0.2) is 4.39 Å². The average Bonchev–Trinajstić information content (AvgIpc) is 2.65. The fraction of sp³-hybridized carbons (Fsp3) is 0.364.